The van der Waals surface area contributed by atoms with Crippen molar-refractivity contribution in [2.75, 3.05) is 26.9 Å². The van der Waals surface area contributed by atoms with Crippen molar-refractivity contribution in [3.8, 4) is 23.1 Å². The molecule has 1 aliphatic carbocycles. The van der Waals surface area contributed by atoms with Crippen LogP contribution in [-0.2, 0) is 17.7 Å². The molecular weight excluding hydrogens is 454 g/mol. The number of methoxy groups -OCH3 is 1. The number of aromatic nitrogens is 2. The number of aliphatic hydroxyl groups excluding tert-OH is 1. The second kappa shape index (κ2) is 12.9. The number of rotatable bonds is 15. The van der Waals surface area contributed by atoms with Crippen LogP contribution >= 0.6 is 0 Å². The lowest BCUT2D eigenvalue weighted by Crippen LogP contribution is -2.36. The average molecular weight is 494 g/mol. The highest BCUT2D eigenvalue weighted by molar-refractivity contribution is 5.44. The predicted molar refractivity (Wildman–Crippen MR) is 141 cm³/mol. The number of unbranched alkanes of at least 4 members (excludes halogenated alkanes) is 1. The largest absolute Gasteiger partial charge is 0.497 e. The number of hydrogen-bond donors (Lipinski definition) is 1. The number of aliphatic hydroxyl groups is 1. The minimum Gasteiger partial charge on any atom is -0.497 e. The minimum atomic E-state index is -0.528. The van der Waals surface area contributed by atoms with E-state index >= 15 is 0 Å². The molecule has 0 aliphatic heterocycles. The van der Waals surface area contributed by atoms with Gasteiger partial charge in [-0.1, -0.05) is 44.5 Å². The summed E-state index contributed by atoms with van der Waals surface area (Å²) in [5, 5.41) is 15.7. The van der Waals surface area contributed by atoms with E-state index in [0.717, 1.165) is 54.8 Å². The molecule has 0 bridgehead atoms. The minimum absolute atomic E-state index is 0.361. The maximum Gasteiger partial charge on any atom is 0.227 e. The van der Waals surface area contributed by atoms with Gasteiger partial charge >= 0.3 is 0 Å². The third kappa shape index (κ3) is 6.87. The summed E-state index contributed by atoms with van der Waals surface area (Å²) in [6.07, 6.45) is 4.64. The number of benzene rings is 2. The molecule has 0 saturated heterocycles. The second-order valence-corrected chi connectivity index (χ2v) is 9.36. The smallest absolute Gasteiger partial charge is 0.227 e. The van der Waals surface area contributed by atoms with Crippen LogP contribution in [0.25, 0.3) is 5.69 Å². The zero-order valence-corrected chi connectivity index (χ0v) is 21.7. The first-order chi connectivity index (χ1) is 17.6. The van der Waals surface area contributed by atoms with Gasteiger partial charge < -0.3 is 19.3 Å². The van der Waals surface area contributed by atoms with E-state index in [1.807, 2.05) is 59.3 Å². The molecular formula is C29H39N3O4. The van der Waals surface area contributed by atoms with Gasteiger partial charge in [-0.3, -0.25) is 4.90 Å². The summed E-state index contributed by atoms with van der Waals surface area (Å²) in [4.78, 5) is 2.36. The van der Waals surface area contributed by atoms with Gasteiger partial charge in [0.2, 0.25) is 5.88 Å². The Balaban J connectivity index is 1.63. The Kier molecular flexibility index (Phi) is 9.39. The van der Waals surface area contributed by atoms with E-state index in [0.29, 0.717) is 44.0 Å². The molecule has 0 spiro atoms. The molecule has 1 aliphatic rings. The summed E-state index contributed by atoms with van der Waals surface area (Å²) in [5.41, 5.74) is 2.99. The van der Waals surface area contributed by atoms with E-state index in [2.05, 4.69) is 18.7 Å². The molecule has 2 aromatic carbocycles. The van der Waals surface area contributed by atoms with Gasteiger partial charge in [0, 0.05) is 31.8 Å². The van der Waals surface area contributed by atoms with E-state index in [-0.39, 0.29) is 0 Å². The SMILES string of the molecule is CCCCOCC(O)CN(Cc1c(CC)nn(-c2ccccc2)c1Oc1cccc(OC)c1)C1CC1. The summed E-state index contributed by atoms with van der Waals surface area (Å²) in [6.45, 7) is 6.54. The van der Waals surface area contributed by atoms with Gasteiger partial charge in [-0.25, -0.2) is 4.68 Å². The number of ether oxygens (including phenoxy) is 3. The number of aryl methyl sites for hydroxylation is 1. The quantitative estimate of drug-likeness (QED) is 0.287. The number of para-hydroxylation sites is 1. The summed E-state index contributed by atoms with van der Waals surface area (Å²) in [5.74, 6) is 2.13. The molecule has 194 valence electrons. The highest BCUT2D eigenvalue weighted by atomic mass is 16.5. The summed E-state index contributed by atoms with van der Waals surface area (Å²) in [6, 6.07) is 18.2. The lowest BCUT2D eigenvalue weighted by Gasteiger charge is -2.25. The lowest BCUT2D eigenvalue weighted by molar-refractivity contribution is 0.0126. The molecule has 1 aromatic heterocycles. The molecule has 3 aromatic rings. The molecule has 1 atom stereocenters. The van der Waals surface area contributed by atoms with E-state index in [9.17, 15) is 5.11 Å². The Bertz CT molecular complexity index is 1080. The zero-order chi connectivity index (χ0) is 25.3. The third-order valence-corrected chi connectivity index (χ3v) is 6.43. The lowest BCUT2D eigenvalue weighted by atomic mass is 10.1. The zero-order valence-electron chi connectivity index (χ0n) is 21.7. The highest BCUT2D eigenvalue weighted by Gasteiger charge is 2.33. The molecule has 36 heavy (non-hydrogen) atoms. The van der Waals surface area contributed by atoms with Crippen LogP contribution in [0.3, 0.4) is 0 Å². The van der Waals surface area contributed by atoms with Crippen molar-refractivity contribution in [1.29, 1.82) is 0 Å². The first-order valence-electron chi connectivity index (χ1n) is 13.1. The maximum absolute atomic E-state index is 10.7. The average Bonchev–Trinajstić information content (AvgIpc) is 3.70. The van der Waals surface area contributed by atoms with Crippen LogP contribution in [0.5, 0.6) is 17.4 Å². The summed E-state index contributed by atoms with van der Waals surface area (Å²) >= 11 is 0. The Hall–Kier alpha value is -2.87. The molecule has 1 saturated carbocycles. The first-order valence-corrected chi connectivity index (χ1v) is 13.1. The van der Waals surface area contributed by atoms with Crippen molar-refractivity contribution in [3.63, 3.8) is 0 Å². The fourth-order valence-electron chi connectivity index (χ4n) is 4.32. The van der Waals surface area contributed by atoms with Gasteiger partial charge in [-0.2, -0.15) is 5.10 Å². The van der Waals surface area contributed by atoms with Gasteiger partial charge in [0.25, 0.3) is 0 Å². The fourth-order valence-corrected chi connectivity index (χ4v) is 4.32. The van der Waals surface area contributed by atoms with Gasteiger partial charge in [0.15, 0.2) is 0 Å². The standard InChI is InChI=1S/C29H39N3O4/c1-4-6-17-35-21-24(33)19-31(22-15-16-22)20-27-28(5-2)30-32(23-11-8-7-9-12-23)29(27)36-26-14-10-13-25(18-26)34-3/h7-14,18,22,24,33H,4-6,15-17,19-21H2,1-3H3. The maximum atomic E-state index is 10.7. The number of nitrogens with zero attached hydrogens (tertiary/aromatic N) is 3. The Morgan fingerprint density at radius 3 is 2.56 bits per heavy atom. The molecule has 0 amide bonds. The van der Waals surface area contributed by atoms with Crippen molar-refractivity contribution < 1.29 is 19.3 Å². The van der Waals surface area contributed by atoms with E-state index in [1.54, 1.807) is 7.11 Å². The van der Waals surface area contributed by atoms with Gasteiger partial charge in [-0.05, 0) is 49.9 Å². The van der Waals surface area contributed by atoms with Crippen LogP contribution in [0, 0.1) is 0 Å². The molecule has 0 radical (unpaired) electrons. The van der Waals surface area contributed by atoms with Crippen molar-refractivity contribution in [1.82, 2.24) is 14.7 Å². The Morgan fingerprint density at radius 1 is 1.08 bits per heavy atom. The molecule has 7 heteroatoms. The van der Waals surface area contributed by atoms with Crippen molar-refractivity contribution >= 4 is 0 Å². The molecule has 1 heterocycles. The third-order valence-electron chi connectivity index (χ3n) is 6.43. The predicted octanol–water partition coefficient (Wildman–Crippen LogP) is 5.38. The first kappa shape index (κ1) is 26.2. The Labute approximate surface area is 214 Å². The van der Waals surface area contributed by atoms with E-state index < -0.39 is 6.10 Å². The highest BCUT2D eigenvalue weighted by Crippen LogP contribution is 2.36. The van der Waals surface area contributed by atoms with Crippen LogP contribution in [-0.4, -0.2) is 58.8 Å². The van der Waals surface area contributed by atoms with Crippen molar-refractivity contribution in [2.45, 2.75) is 64.6 Å². The summed E-state index contributed by atoms with van der Waals surface area (Å²) < 4.78 is 19.5. The van der Waals surface area contributed by atoms with Crippen LogP contribution in [0.15, 0.2) is 54.6 Å². The number of hydrogen-bond acceptors (Lipinski definition) is 6. The van der Waals surface area contributed by atoms with Gasteiger partial charge in [0.1, 0.15) is 11.5 Å². The van der Waals surface area contributed by atoms with Crippen molar-refractivity contribution in [2.24, 2.45) is 0 Å². The van der Waals surface area contributed by atoms with Crippen molar-refractivity contribution in [3.05, 3.63) is 65.9 Å². The van der Waals surface area contributed by atoms with Gasteiger partial charge in [0.05, 0.1) is 36.8 Å². The van der Waals surface area contributed by atoms with E-state index in [1.165, 1.54) is 0 Å². The van der Waals surface area contributed by atoms with Crippen LogP contribution in [0.1, 0.15) is 50.8 Å². The Morgan fingerprint density at radius 2 is 1.86 bits per heavy atom. The second-order valence-electron chi connectivity index (χ2n) is 9.36. The normalized spacial score (nSPS) is 14.2. The molecule has 1 N–H and O–H groups in total. The van der Waals surface area contributed by atoms with Crippen LogP contribution < -0.4 is 9.47 Å². The molecule has 7 nitrogen and oxygen atoms in total. The van der Waals surface area contributed by atoms with Crippen LogP contribution in [0.4, 0.5) is 0 Å². The topological polar surface area (TPSA) is 69.0 Å². The van der Waals surface area contributed by atoms with E-state index in [4.69, 9.17) is 19.3 Å². The van der Waals surface area contributed by atoms with Gasteiger partial charge in [-0.15, -0.1) is 0 Å². The molecule has 1 fully saturated rings. The molecule has 4 rings (SSSR count). The molecule has 1 unspecified atom stereocenters. The fraction of sp³-hybridized carbons (Fsp3) is 0.483. The summed E-state index contributed by atoms with van der Waals surface area (Å²) in [7, 11) is 1.65. The van der Waals surface area contributed by atoms with Crippen LogP contribution in [0.2, 0.25) is 0 Å². The monoisotopic (exact) mass is 493 g/mol.